The second-order valence-electron chi connectivity index (χ2n) is 8.11. The summed E-state index contributed by atoms with van der Waals surface area (Å²) in [4.78, 5) is 28.2. The first-order chi connectivity index (χ1) is 17.4. The van der Waals surface area contributed by atoms with Crippen LogP contribution in [-0.4, -0.2) is 38.1 Å². The van der Waals surface area contributed by atoms with Crippen LogP contribution in [0.3, 0.4) is 0 Å². The van der Waals surface area contributed by atoms with Crippen molar-refractivity contribution in [2.24, 2.45) is 0 Å². The van der Waals surface area contributed by atoms with Gasteiger partial charge in [-0.15, -0.1) is 0 Å². The van der Waals surface area contributed by atoms with Crippen molar-refractivity contribution < 1.29 is 28.9 Å². The van der Waals surface area contributed by atoms with Crippen LogP contribution in [0.25, 0.3) is 5.76 Å². The number of anilines is 1. The van der Waals surface area contributed by atoms with E-state index in [1.54, 1.807) is 54.6 Å². The van der Waals surface area contributed by atoms with E-state index in [-0.39, 0.29) is 16.9 Å². The summed E-state index contributed by atoms with van der Waals surface area (Å²) in [5.41, 5.74) is 2.20. The van der Waals surface area contributed by atoms with Crippen LogP contribution < -0.4 is 19.1 Å². The van der Waals surface area contributed by atoms with E-state index in [4.69, 9.17) is 14.2 Å². The predicted molar refractivity (Wildman–Crippen MR) is 133 cm³/mol. The fourth-order valence-corrected chi connectivity index (χ4v) is 4.37. The summed E-state index contributed by atoms with van der Waals surface area (Å²) in [6, 6.07) is 17.5. The molecule has 3 aromatic carbocycles. The van der Waals surface area contributed by atoms with Crippen LogP contribution in [0, 0.1) is 18.3 Å². The highest BCUT2D eigenvalue weighted by Crippen LogP contribution is 2.47. The highest BCUT2D eigenvalue weighted by molar-refractivity contribution is 6.51. The van der Waals surface area contributed by atoms with Gasteiger partial charge in [-0.3, -0.25) is 14.5 Å². The Bertz CT molecular complexity index is 1420. The lowest BCUT2D eigenvalue weighted by atomic mass is 9.93. The first kappa shape index (κ1) is 24.4. The Hall–Kier alpha value is -4.77. The molecule has 8 heteroatoms. The van der Waals surface area contributed by atoms with Crippen LogP contribution in [0.4, 0.5) is 5.69 Å². The maximum atomic E-state index is 13.5. The minimum absolute atomic E-state index is 0.125. The van der Waals surface area contributed by atoms with Crippen LogP contribution in [0.5, 0.6) is 17.2 Å². The fourth-order valence-electron chi connectivity index (χ4n) is 4.37. The summed E-state index contributed by atoms with van der Waals surface area (Å²) >= 11 is 0. The van der Waals surface area contributed by atoms with Crippen LogP contribution in [-0.2, 0) is 9.59 Å². The number of para-hydroxylation sites is 1. The van der Waals surface area contributed by atoms with Crippen molar-refractivity contribution in [1.82, 2.24) is 0 Å². The normalized spacial score (nSPS) is 16.5. The van der Waals surface area contributed by atoms with Crippen LogP contribution in [0.2, 0.25) is 0 Å². The summed E-state index contributed by atoms with van der Waals surface area (Å²) in [7, 11) is 4.40. The van der Waals surface area contributed by atoms with Crippen molar-refractivity contribution in [2.75, 3.05) is 26.2 Å². The minimum atomic E-state index is -1.05. The lowest BCUT2D eigenvalue weighted by molar-refractivity contribution is -0.132. The quantitative estimate of drug-likeness (QED) is 0.311. The van der Waals surface area contributed by atoms with Crippen LogP contribution in [0.15, 0.2) is 66.2 Å². The molecule has 36 heavy (non-hydrogen) atoms. The Labute approximate surface area is 208 Å². The molecule has 8 nitrogen and oxygen atoms in total. The number of nitrogens with zero attached hydrogens (tertiary/aromatic N) is 2. The molecule has 0 saturated carbocycles. The van der Waals surface area contributed by atoms with Crippen molar-refractivity contribution in [3.63, 3.8) is 0 Å². The molecule has 1 fully saturated rings. The van der Waals surface area contributed by atoms with Crippen molar-refractivity contribution in [3.05, 3.63) is 88.5 Å². The lowest BCUT2D eigenvalue weighted by Gasteiger charge is -2.27. The number of benzene rings is 3. The van der Waals surface area contributed by atoms with E-state index in [1.807, 2.05) is 19.1 Å². The number of carbonyl (C=O) groups excluding carboxylic acids is 2. The Morgan fingerprint density at radius 3 is 2.25 bits per heavy atom. The molecular weight excluding hydrogens is 460 g/mol. The van der Waals surface area contributed by atoms with Gasteiger partial charge in [0.15, 0.2) is 11.5 Å². The van der Waals surface area contributed by atoms with Crippen molar-refractivity contribution in [3.8, 4) is 23.3 Å². The number of aliphatic hydroxyl groups is 1. The Balaban J connectivity index is 2.05. The molecule has 0 radical (unpaired) electrons. The van der Waals surface area contributed by atoms with Crippen molar-refractivity contribution >= 4 is 23.1 Å². The van der Waals surface area contributed by atoms with E-state index in [0.717, 1.165) is 5.56 Å². The second-order valence-corrected chi connectivity index (χ2v) is 8.11. The van der Waals surface area contributed by atoms with Gasteiger partial charge in [-0.1, -0.05) is 23.8 Å². The van der Waals surface area contributed by atoms with Crippen molar-refractivity contribution in [2.45, 2.75) is 13.0 Å². The highest BCUT2D eigenvalue weighted by Gasteiger charge is 2.48. The molecule has 1 aliphatic heterocycles. The van der Waals surface area contributed by atoms with Gasteiger partial charge in [0, 0.05) is 11.3 Å². The number of hydrogen-bond acceptors (Lipinski definition) is 7. The van der Waals surface area contributed by atoms with Crippen molar-refractivity contribution in [1.29, 1.82) is 5.26 Å². The summed E-state index contributed by atoms with van der Waals surface area (Å²) < 4.78 is 16.5. The Kier molecular flexibility index (Phi) is 6.66. The molecule has 3 aromatic rings. The molecule has 182 valence electrons. The third-order valence-electron chi connectivity index (χ3n) is 6.06. The number of Topliss-reactive ketones (excluding diaryl/α,β-unsaturated/α-hetero) is 1. The monoisotopic (exact) mass is 484 g/mol. The summed E-state index contributed by atoms with van der Waals surface area (Å²) in [6.45, 7) is 1.84. The number of nitriles is 1. The summed E-state index contributed by atoms with van der Waals surface area (Å²) in [5.74, 6) is -1.02. The van der Waals surface area contributed by atoms with Gasteiger partial charge >= 0.3 is 0 Å². The predicted octanol–water partition coefficient (Wildman–Crippen LogP) is 4.52. The fraction of sp³-hybridized carbons (Fsp3) is 0.179. The van der Waals surface area contributed by atoms with Gasteiger partial charge in [0.1, 0.15) is 11.5 Å². The number of carbonyl (C=O) groups is 2. The van der Waals surface area contributed by atoms with Gasteiger partial charge in [0.25, 0.3) is 11.7 Å². The van der Waals surface area contributed by atoms with Crippen LogP contribution >= 0.6 is 0 Å². The van der Waals surface area contributed by atoms with Crippen LogP contribution in [0.1, 0.15) is 28.3 Å². The summed E-state index contributed by atoms with van der Waals surface area (Å²) in [6.07, 6.45) is 0. The molecule has 0 aromatic heterocycles. The first-order valence-electron chi connectivity index (χ1n) is 11.0. The smallest absolute Gasteiger partial charge is 0.300 e. The molecule has 1 atom stereocenters. The maximum absolute atomic E-state index is 13.5. The molecule has 1 N–H and O–H groups in total. The zero-order chi connectivity index (χ0) is 26.0. The number of hydrogen-bond donors (Lipinski definition) is 1. The number of rotatable bonds is 6. The SMILES string of the molecule is COc1ccc(C)cc1/C(O)=C1\C(=O)C(=O)N(c2ccc(C#N)cc2)C1c1cccc(OC)c1OC. The Morgan fingerprint density at radius 1 is 0.944 bits per heavy atom. The van der Waals surface area contributed by atoms with Gasteiger partial charge in [-0.25, -0.2) is 0 Å². The highest BCUT2D eigenvalue weighted by atomic mass is 16.5. The molecule has 1 unspecified atom stereocenters. The molecule has 1 saturated heterocycles. The molecular formula is C28H24N2O6. The molecule has 0 bridgehead atoms. The van der Waals surface area contributed by atoms with E-state index in [2.05, 4.69) is 0 Å². The minimum Gasteiger partial charge on any atom is -0.507 e. The zero-order valence-corrected chi connectivity index (χ0v) is 20.2. The maximum Gasteiger partial charge on any atom is 0.300 e. The van der Waals surface area contributed by atoms with E-state index in [0.29, 0.717) is 34.1 Å². The van der Waals surface area contributed by atoms with Gasteiger partial charge < -0.3 is 19.3 Å². The number of ether oxygens (including phenoxy) is 3. The molecule has 0 aliphatic carbocycles. The third-order valence-corrected chi connectivity index (χ3v) is 6.06. The molecule has 0 spiro atoms. The standard InChI is InChI=1S/C28H24N2O6/c1-16-8-13-21(34-2)20(14-16)25(31)23-24(19-6-5-7-22(35-3)27(19)36-4)30(28(33)26(23)32)18-11-9-17(15-29)10-12-18/h5-14,24,31H,1-4H3/b25-23+. The first-order valence-corrected chi connectivity index (χ1v) is 11.0. The Morgan fingerprint density at radius 2 is 1.64 bits per heavy atom. The lowest BCUT2D eigenvalue weighted by Crippen LogP contribution is -2.29. The molecule has 1 aliphatic rings. The van der Waals surface area contributed by atoms with Gasteiger partial charge in [-0.05, 0) is 49.4 Å². The molecule has 1 heterocycles. The third kappa shape index (κ3) is 4.01. The van der Waals surface area contributed by atoms with Gasteiger partial charge in [0.05, 0.1) is 50.1 Å². The number of aliphatic hydroxyl groups excluding tert-OH is 1. The largest absolute Gasteiger partial charge is 0.507 e. The number of amides is 1. The van der Waals surface area contributed by atoms with Gasteiger partial charge in [0.2, 0.25) is 0 Å². The average molecular weight is 485 g/mol. The van der Waals surface area contributed by atoms with E-state index in [9.17, 15) is 20.0 Å². The number of ketones is 1. The number of aryl methyl sites for hydroxylation is 1. The van der Waals surface area contributed by atoms with Gasteiger partial charge in [-0.2, -0.15) is 5.26 Å². The average Bonchev–Trinajstić information content (AvgIpc) is 3.17. The zero-order valence-electron chi connectivity index (χ0n) is 20.2. The summed E-state index contributed by atoms with van der Waals surface area (Å²) in [5, 5.41) is 20.7. The van der Waals surface area contributed by atoms with E-state index in [1.165, 1.54) is 26.2 Å². The topological polar surface area (TPSA) is 109 Å². The molecule has 4 rings (SSSR count). The van der Waals surface area contributed by atoms with E-state index >= 15 is 0 Å². The molecule has 1 amide bonds. The van der Waals surface area contributed by atoms with E-state index < -0.39 is 17.7 Å². The number of methoxy groups -OCH3 is 3. The second kappa shape index (κ2) is 9.84.